The minimum absolute atomic E-state index is 0.0474. The number of carbonyl (C=O) groups is 1. The van der Waals surface area contributed by atoms with Crippen molar-refractivity contribution in [1.29, 1.82) is 0 Å². The Hall–Kier alpha value is -2.22. The Kier molecular flexibility index (Phi) is 5.23. The van der Waals surface area contributed by atoms with Crippen LogP contribution in [0, 0.1) is 6.92 Å². The van der Waals surface area contributed by atoms with Gasteiger partial charge in [-0.25, -0.2) is 4.68 Å². The topological polar surface area (TPSA) is 50.2 Å². The highest BCUT2D eigenvalue weighted by molar-refractivity contribution is 6.36. The van der Waals surface area contributed by atoms with E-state index in [2.05, 4.69) is 10.4 Å². The molecule has 0 radical (unpaired) electrons. The zero-order valence-corrected chi connectivity index (χ0v) is 16.7. The summed E-state index contributed by atoms with van der Waals surface area (Å²) in [4.78, 5) is 14.5. The van der Waals surface area contributed by atoms with Crippen molar-refractivity contribution in [2.24, 2.45) is 0 Å². The van der Waals surface area contributed by atoms with E-state index in [9.17, 15) is 18.0 Å². The van der Waals surface area contributed by atoms with Crippen LogP contribution in [0.4, 0.5) is 19.0 Å². The van der Waals surface area contributed by atoms with Gasteiger partial charge < -0.3 is 10.2 Å². The predicted octanol–water partition coefficient (Wildman–Crippen LogP) is 5.13. The van der Waals surface area contributed by atoms with Crippen molar-refractivity contribution in [3.8, 4) is 0 Å². The predicted molar refractivity (Wildman–Crippen MR) is 104 cm³/mol. The van der Waals surface area contributed by atoms with Crippen molar-refractivity contribution in [2.75, 3.05) is 18.4 Å². The van der Waals surface area contributed by atoms with Crippen LogP contribution in [0.3, 0.4) is 0 Å². The highest BCUT2D eigenvalue weighted by Gasteiger charge is 2.48. The lowest BCUT2D eigenvalue weighted by molar-refractivity contribution is -0.173. The van der Waals surface area contributed by atoms with E-state index >= 15 is 0 Å². The number of aryl methyl sites for hydroxylation is 1. The molecule has 3 heterocycles. The smallest absolute Gasteiger partial charge is 0.362 e. The van der Waals surface area contributed by atoms with Crippen molar-refractivity contribution < 1.29 is 18.0 Å². The Morgan fingerprint density at radius 3 is 2.45 bits per heavy atom. The van der Waals surface area contributed by atoms with Crippen LogP contribution in [0.15, 0.2) is 24.3 Å². The first-order valence-corrected chi connectivity index (χ1v) is 10.1. The average Bonchev–Trinajstić information content (AvgIpc) is 3.04. The molecule has 1 aromatic heterocycles. The largest absolute Gasteiger partial charge is 0.410 e. The molecule has 0 spiro atoms. The summed E-state index contributed by atoms with van der Waals surface area (Å²) in [6, 6.07) is 4.89. The summed E-state index contributed by atoms with van der Waals surface area (Å²) in [5.41, 5.74) is 1.64. The number of likely N-dealkylation sites (tertiary alicyclic amines) is 1. The fraction of sp³-hybridized carbons (Fsp3) is 0.500. The molecule has 9 heteroatoms. The van der Waals surface area contributed by atoms with Crippen LogP contribution in [-0.4, -0.2) is 39.9 Å². The molecule has 2 aliphatic rings. The van der Waals surface area contributed by atoms with Gasteiger partial charge in [-0.1, -0.05) is 41.4 Å². The summed E-state index contributed by atoms with van der Waals surface area (Å²) >= 11 is 6.39. The van der Waals surface area contributed by atoms with Crippen molar-refractivity contribution in [3.05, 3.63) is 46.1 Å². The lowest BCUT2D eigenvalue weighted by atomic mass is 9.96. The number of aromatic nitrogens is 2. The molecule has 1 fully saturated rings. The number of nitrogens with zero attached hydrogens (tertiary/aromatic N) is 3. The van der Waals surface area contributed by atoms with Crippen LogP contribution < -0.4 is 5.32 Å². The minimum Gasteiger partial charge on any atom is -0.362 e. The first kappa shape index (κ1) is 20.1. The van der Waals surface area contributed by atoms with E-state index in [0.717, 1.165) is 35.1 Å². The first-order chi connectivity index (χ1) is 13.8. The number of amides is 1. The molecule has 1 N–H and O–H groups in total. The van der Waals surface area contributed by atoms with Crippen LogP contribution >= 0.6 is 11.6 Å². The molecule has 4 rings (SSSR count). The molecule has 1 amide bonds. The van der Waals surface area contributed by atoms with Gasteiger partial charge in [-0.3, -0.25) is 4.79 Å². The zero-order chi connectivity index (χ0) is 20.8. The van der Waals surface area contributed by atoms with E-state index < -0.39 is 24.2 Å². The third kappa shape index (κ3) is 3.82. The van der Waals surface area contributed by atoms with Gasteiger partial charge in [-0.2, -0.15) is 18.3 Å². The number of hydrogen-bond acceptors (Lipinski definition) is 3. The summed E-state index contributed by atoms with van der Waals surface area (Å²) < 4.78 is 42.4. The molecule has 0 unspecified atom stereocenters. The molecule has 0 bridgehead atoms. The fourth-order valence-corrected chi connectivity index (χ4v) is 4.25. The third-order valence-electron chi connectivity index (χ3n) is 5.62. The molecule has 2 aromatic rings. The van der Waals surface area contributed by atoms with E-state index in [4.69, 9.17) is 11.6 Å². The Balaban J connectivity index is 1.71. The fourth-order valence-electron chi connectivity index (χ4n) is 3.99. The molecule has 1 saturated heterocycles. The summed E-state index contributed by atoms with van der Waals surface area (Å²) in [6.07, 6.45) is -1.96. The normalized spacial score (nSPS) is 22.2. The number of alkyl halides is 3. The van der Waals surface area contributed by atoms with Crippen LogP contribution in [0.1, 0.15) is 59.4 Å². The standard InChI is InChI=1S/C20H22ClF3N4O/c1-12-5-7-13(8-6-12)14-11-15(20(22,23)24)28-18(25-14)16(21)17(26-28)19(29)27-9-3-2-4-10-27/h5-8,14-15,25H,2-4,9-11H2,1H3/t14-,15+/m1/s1. The van der Waals surface area contributed by atoms with Crippen LogP contribution in [0.25, 0.3) is 0 Å². The number of nitrogens with one attached hydrogen (secondary N) is 1. The lowest BCUT2D eigenvalue weighted by Gasteiger charge is -2.33. The molecular formula is C20H22ClF3N4O. The Bertz CT molecular complexity index is 904. The zero-order valence-electron chi connectivity index (χ0n) is 16.0. The number of rotatable bonds is 2. The van der Waals surface area contributed by atoms with E-state index in [1.54, 1.807) is 17.0 Å². The first-order valence-electron chi connectivity index (χ1n) is 9.73. The minimum atomic E-state index is -4.51. The summed E-state index contributed by atoms with van der Waals surface area (Å²) in [5, 5.41) is 7.06. The number of carbonyl (C=O) groups excluding carboxylic acids is 1. The number of anilines is 1. The van der Waals surface area contributed by atoms with Gasteiger partial charge >= 0.3 is 6.18 Å². The molecule has 0 aliphatic carbocycles. The monoisotopic (exact) mass is 426 g/mol. The number of benzene rings is 1. The van der Waals surface area contributed by atoms with Crippen molar-refractivity contribution in [1.82, 2.24) is 14.7 Å². The highest BCUT2D eigenvalue weighted by atomic mass is 35.5. The van der Waals surface area contributed by atoms with Crippen LogP contribution in [0.2, 0.25) is 5.02 Å². The maximum Gasteiger partial charge on any atom is 0.410 e. The second kappa shape index (κ2) is 7.55. The Labute approximate surface area is 171 Å². The molecule has 1 aromatic carbocycles. The molecule has 2 aliphatic heterocycles. The average molecular weight is 427 g/mol. The molecule has 0 saturated carbocycles. The van der Waals surface area contributed by atoms with Gasteiger partial charge in [0.05, 0.1) is 6.04 Å². The van der Waals surface area contributed by atoms with E-state index in [1.807, 2.05) is 19.1 Å². The van der Waals surface area contributed by atoms with E-state index in [1.165, 1.54) is 0 Å². The highest BCUT2D eigenvalue weighted by Crippen LogP contribution is 2.46. The second-order valence-corrected chi connectivity index (χ2v) is 8.09. The summed E-state index contributed by atoms with van der Waals surface area (Å²) in [5.74, 6) is -0.364. The molecule has 5 nitrogen and oxygen atoms in total. The molecule has 29 heavy (non-hydrogen) atoms. The lowest BCUT2D eigenvalue weighted by Crippen LogP contribution is -2.37. The Morgan fingerprint density at radius 1 is 1.17 bits per heavy atom. The van der Waals surface area contributed by atoms with Gasteiger partial charge in [0.25, 0.3) is 5.91 Å². The SMILES string of the molecule is Cc1ccc([C@H]2C[C@@H](C(F)(F)F)n3nc(C(=O)N4CCCCC4)c(Cl)c3N2)cc1. The maximum atomic E-state index is 13.8. The van der Waals surface area contributed by atoms with Crippen molar-refractivity contribution >= 4 is 23.3 Å². The number of halogens is 4. The number of piperidine rings is 1. The van der Waals surface area contributed by atoms with Crippen molar-refractivity contribution in [2.45, 2.75) is 50.9 Å². The third-order valence-corrected chi connectivity index (χ3v) is 5.98. The maximum absolute atomic E-state index is 13.8. The van der Waals surface area contributed by atoms with Crippen LogP contribution in [-0.2, 0) is 0 Å². The van der Waals surface area contributed by atoms with Crippen molar-refractivity contribution in [3.63, 3.8) is 0 Å². The van der Waals surface area contributed by atoms with Gasteiger partial charge in [-0.15, -0.1) is 0 Å². The summed E-state index contributed by atoms with van der Waals surface area (Å²) in [7, 11) is 0. The van der Waals surface area contributed by atoms with Gasteiger partial charge in [0, 0.05) is 19.5 Å². The second-order valence-electron chi connectivity index (χ2n) is 7.71. The quantitative estimate of drug-likeness (QED) is 0.724. The number of fused-ring (bicyclic) bond motifs is 1. The summed E-state index contributed by atoms with van der Waals surface area (Å²) in [6.45, 7) is 3.06. The van der Waals surface area contributed by atoms with Gasteiger partial charge in [-0.05, 0) is 31.7 Å². The Morgan fingerprint density at radius 2 is 1.83 bits per heavy atom. The molecule has 2 atom stereocenters. The molecule has 156 valence electrons. The molecular weight excluding hydrogens is 405 g/mol. The number of hydrogen-bond donors (Lipinski definition) is 1. The van der Waals surface area contributed by atoms with Crippen LogP contribution in [0.5, 0.6) is 0 Å². The van der Waals surface area contributed by atoms with Gasteiger partial charge in [0.1, 0.15) is 10.8 Å². The van der Waals surface area contributed by atoms with Gasteiger partial charge in [0.2, 0.25) is 0 Å². The van der Waals surface area contributed by atoms with E-state index in [-0.39, 0.29) is 23.0 Å². The van der Waals surface area contributed by atoms with E-state index in [0.29, 0.717) is 13.1 Å². The van der Waals surface area contributed by atoms with Gasteiger partial charge in [0.15, 0.2) is 11.7 Å².